The average Bonchev–Trinajstić information content (AvgIpc) is 3.16. The van der Waals surface area contributed by atoms with E-state index in [0.29, 0.717) is 18.6 Å². The molecule has 3 aromatic rings. The minimum Gasteiger partial charge on any atom is -0.396 e. The Morgan fingerprint density at radius 1 is 1.12 bits per heavy atom. The van der Waals surface area contributed by atoms with Gasteiger partial charge in [-0.1, -0.05) is 36.4 Å². The van der Waals surface area contributed by atoms with Crippen molar-refractivity contribution in [2.75, 3.05) is 13.2 Å². The third-order valence-corrected chi connectivity index (χ3v) is 6.00. The van der Waals surface area contributed by atoms with Gasteiger partial charge in [-0.05, 0) is 67.5 Å². The van der Waals surface area contributed by atoms with Crippen LogP contribution in [-0.4, -0.2) is 28.1 Å². The van der Waals surface area contributed by atoms with Crippen molar-refractivity contribution in [1.29, 1.82) is 0 Å². The van der Waals surface area contributed by atoms with E-state index in [1.165, 1.54) is 33.2 Å². The van der Waals surface area contributed by atoms with E-state index >= 15 is 0 Å². The Labute approximate surface area is 155 Å². The summed E-state index contributed by atoms with van der Waals surface area (Å²) in [6.07, 6.45) is 4.15. The highest BCUT2D eigenvalue weighted by atomic mass is 16.3. The first-order valence-corrected chi connectivity index (χ1v) is 9.63. The quantitative estimate of drug-likeness (QED) is 0.715. The zero-order valence-corrected chi connectivity index (χ0v) is 15.7. The van der Waals surface area contributed by atoms with Crippen LogP contribution in [-0.2, 0) is 6.54 Å². The summed E-state index contributed by atoms with van der Waals surface area (Å²) in [5.74, 6) is 0.405. The second-order valence-corrected chi connectivity index (χ2v) is 7.73. The van der Waals surface area contributed by atoms with E-state index in [-0.39, 0.29) is 0 Å². The smallest absolute Gasteiger partial charge is 0.0487 e. The molecule has 0 radical (unpaired) electrons. The molecule has 1 aliphatic rings. The number of aryl methyl sites for hydroxylation is 2. The Morgan fingerprint density at radius 2 is 1.92 bits per heavy atom. The number of aliphatic hydroxyl groups is 1. The van der Waals surface area contributed by atoms with Crippen LogP contribution in [0.25, 0.3) is 10.9 Å². The number of hydrogen-bond donors (Lipinski definition) is 2. The Hall–Kier alpha value is -2.10. The molecule has 2 atom stereocenters. The van der Waals surface area contributed by atoms with Gasteiger partial charge in [0.25, 0.3) is 0 Å². The number of piperidine rings is 1. The molecule has 0 aliphatic carbocycles. The molecule has 3 nitrogen and oxygen atoms in total. The largest absolute Gasteiger partial charge is 0.396 e. The Kier molecular flexibility index (Phi) is 4.84. The van der Waals surface area contributed by atoms with E-state index in [0.717, 1.165) is 25.9 Å². The fourth-order valence-electron chi connectivity index (χ4n) is 4.52. The second kappa shape index (κ2) is 7.26. The standard InChI is InChI=1S/C23H28N2O/c1-16-12-17(2)23-20(8-10-24-23)21(16)14-25-11-9-18(15-26)13-22(25)19-6-4-3-5-7-19/h3-8,10,12,18,22,24,26H,9,11,13-15H2,1-2H3/t18-,22+/m0/s1. The van der Waals surface area contributed by atoms with Gasteiger partial charge in [-0.2, -0.15) is 0 Å². The second-order valence-electron chi connectivity index (χ2n) is 7.73. The van der Waals surface area contributed by atoms with Gasteiger partial charge < -0.3 is 10.1 Å². The highest BCUT2D eigenvalue weighted by Crippen LogP contribution is 2.36. The minimum absolute atomic E-state index is 0.294. The van der Waals surface area contributed by atoms with E-state index in [1.54, 1.807) is 0 Å². The Morgan fingerprint density at radius 3 is 2.69 bits per heavy atom. The van der Waals surface area contributed by atoms with Crippen LogP contribution in [0.4, 0.5) is 0 Å². The van der Waals surface area contributed by atoms with Crippen LogP contribution in [0.15, 0.2) is 48.7 Å². The van der Waals surface area contributed by atoms with Crippen LogP contribution < -0.4 is 0 Å². The van der Waals surface area contributed by atoms with Gasteiger partial charge in [0.05, 0.1) is 0 Å². The minimum atomic E-state index is 0.294. The van der Waals surface area contributed by atoms with Crippen molar-refractivity contribution in [2.24, 2.45) is 5.92 Å². The molecule has 0 saturated carbocycles. The lowest BCUT2D eigenvalue weighted by molar-refractivity contribution is 0.0750. The van der Waals surface area contributed by atoms with Gasteiger partial charge in [-0.3, -0.25) is 4.90 Å². The average molecular weight is 348 g/mol. The summed E-state index contributed by atoms with van der Waals surface area (Å²) in [6, 6.07) is 15.7. The summed E-state index contributed by atoms with van der Waals surface area (Å²) < 4.78 is 0. The van der Waals surface area contributed by atoms with Crippen LogP contribution in [0, 0.1) is 19.8 Å². The fourth-order valence-corrected chi connectivity index (χ4v) is 4.52. The molecule has 2 aromatic carbocycles. The van der Waals surface area contributed by atoms with Gasteiger partial charge in [0.1, 0.15) is 0 Å². The molecule has 136 valence electrons. The van der Waals surface area contributed by atoms with Gasteiger partial charge in [0, 0.05) is 36.3 Å². The Bertz CT molecular complexity index is 884. The van der Waals surface area contributed by atoms with Gasteiger partial charge in [-0.25, -0.2) is 0 Å². The van der Waals surface area contributed by atoms with Crippen LogP contribution in [0.1, 0.15) is 41.1 Å². The number of nitrogens with one attached hydrogen (secondary N) is 1. The number of likely N-dealkylation sites (tertiary alicyclic amines) is 1. The zero-order valence-electron chi connectivity index (χ0n) is 15.7. The molecule has 1 aliphatic heterocycles. The molecule has 2 N–H and O–H groups in total. The third kappa shape index (κ3) is 3.17. The van der Waals surface area contributed by atoms with Gasteiger partial charge in [0.2, 0.25) is 0 Å². The molecule has 3 heteroatoms. The van der Waals surface area contributed by atoms with E-state index in [1.807, 2.05) is 6.20 Å². The first-order valence-electron chi connectivity index (χ1n) is 9.63. The van der Waals surface area contributed by atoms with Gasteiger partial charge in [-0.15, -0.1) is 0 Å². The third-order valence-electron chi connectivity index (χ3n) is 6.00. The van der Waals surface area contributed by atoms with Crippen LogP contribution in [0.2, 0.25) is 0 Å². The topological polar surface area (TPSA) is 39.3 Å². The molecule has 0 bridgehead atoms. The molecular weight excluding hydrogens is 320 g/mol. The summed E-state index contributed by atoms with van der Waals surface area (Å²) in [5, 5.41) is 11.0. The van der Waals surface area contributed by atoms with Crippen LogP contribution in [0.3, 0.4) is 0 Å². The van der Waals surface area contributed by atoms with Gasteiger partial charge in [0.15, 0.2) is 0 Å². The van der Waals surface area contributed by atoms with Crippen molar-refractivity contribution in [3.63, 3.8) is 0 Å². The van der Waals surface area contributed by atoms with Crippen LogP contribution >= 0.6 is 0 Å². The SMILES string of the molecule is Cc1cc(C)c2[nH]ccc2c1CN1CC[C@H](CO)C[C@@H]1c1ccccc1. The number of H-pyrrole nitrogens is 1. The molecular formula is C23H28N2O. The molecule has 0 unspecified atom stereocenters. The normalized spacial score (nSPS) is 21.3. The van der Waals surface area contributed by atoms with E-state index in [9.17, 15) is 5.11 Å². The first-order chi connectivity index (χ1) is 12.7. The van der Waals surface area contributed by atoms with Crippen molar-refractivity contribution in [3.05, 3.63) is 70.9 Å². The molecule has 4 rings (SSSR count). The number of aliphatic hydroxyl groups excluding tert-OH is 1. The Balaban J connectivity index is 1.69. The molecule has 26 heavy (non-hydrogen) atoms. The maximum Gasteiger partial charge on any atom is 0.0487 e. The molecule has 0 spiro atoms. The van der Waals surface area contributed by atoms with Gasteiger partial charge >= 0.3 is 0 Å². The predicted molar refractivity (Wildman–Crippen MR) is 107 cm³/mol. The van der Waals surface area contributed by atoms with E-state index < -0.39 is 0 Å². The lowest BCUT2D eigenvalue weighted by Gasteiger charge is -2.40. The number of hydrogen-bond acceptors (Lipinski definition) is 2. The summed E-state index contributed by atoms with van der Waals surface area (Å²) in [5.41, 5.74) is 6.72. The fraction of sp³-hybridized carbons (Fsp3) is 0.391. The highest BCUT2D eigenvalue weighted by molar-refractivity contribution is 5.86. The molecule has 1 aromatic heterocycles. The molecule has 0 amide bonds. The maximum absolute atomic E-state index is 9.70. The lowest BCUT2D eigenvalue weighted by atomic mass is 9.87. The van der Waals surface area contributed by atoms with Crippen molar-refractivity contribution >= 4 is 10.9 Å². The van der Waals surface area contributed by atoms with Crippen molar-refractivity contribution < 1.29 is 5.11 Å². The summed E-state index contributed by atoms with van der Waals surface area (Å²) in [6.45, 7) is 6.69. The number of nitrogens with zero attached hydrogens (tertiary/aromatic N) is 1. The zero-order chi connectivity index (χ0) is 18.1. The van der Waals surface area contributed by atoms with E-state index in [4.69, 9.17) is 0 Å². The summed E-state index contributed by atoms with van der Waals surface area (Å²) in [7, 11) is 0. The maximum atomic E-state index is 9.70. The monoisotopic (exact) mass is 348 g/mol. The number of fused-ring (bicyclic) bond motifs is 1. The number of rotatable bonds is 4. The first kappa shape index (κ1) is 17.3. The highest BCUT2D eigenvalue weighted by Gasteiger charge is 2.30. The molecule has 1 saturated heterocycles. The number of benzene rings is 2. The van der Waals surface area contributed by atoms with Crippen molar-refractivity contribution in [1.82, 2.24) is 9.88 Å². The number of aromatic amines is 1. The summed E-state index contributed by atoms with van der Waals surface area (Å²) in [4.78, 5) is 6.00. The van der Waals surface area contributed by atoms with Crippen molar-refractivity contribution in [3.8, 4) is 0 Å². The molecule has 1 fully saturated rings. The predicted octanol–water partition coefficient (Wildman–Crippen LogP) is 4.73. The number of aromatic nitrogens is 1. The lowest BCUT2D eigenvalue weighted by Crippen LogP contribution is -2.37. The molecule has 2 heterocycles. The van der Waals surface area contributed by atoms with Crippen molar-refractivity contribution in [2.45, 2.75) is 39.3 Å². The summed E-state index contributed by atoms with van der Waals surface area (Å²) >= 11 is 0. The van der Waals surface area contributed by atoms with E-state index in [2.05, 4.69) is 66.2 Å². The van der Waals surface area contributed by atoms with Crippen LogP contribution in [0.5, 0.6) is 0 Å².